The number of aliphatic hydroxyl groups is 1. The Morgan fingerprint density at radius 1 is 1.56 bits per heavy atom. The maximum atomic E-state index is 11.5. The smallest absolute Gasteiger partial charge is 0.302 e. The largest absolute Gasteiger partial charge is 0.504 e. The van der Waals surface area contributed by atoms with Gasteiger partial charge in [-0.1, -0.05) is 19.4 Å². The molecule has 0 aromatic rings. The number of ketones is 1. The van der Waals surface area contributed by atoms with E-state index in [4.69, 9.17) is 4.74 Å². The summed E-state index contributed by atoms with van der Waals surface area (Å²) in [5.41, 5.74) is 0.609. The van der Waals surface area contributed by atoms with Gasteiger partial charge in [0.15, 0.2) is 5.76 Å². The van der Waals surface area contributed by atoms with E-state index in [1.165, 1.54) is 13.0 Å². The molecule has 4 nitrogen and oxygen atoms in total. The van der Waals surface area contributed by atoms with E-state index < -0.39 is 5.41 Å². The van der Waals surface area contributed by atoms with E-state index >= 15 is 0 Å². The second-order valence-corrected chi connectivity index (χ2v) is 5.32. The summed E-state index contributed by atoms with van der Waals surface area (Å²) >= 11 is 0. The topological polar surface area (TPSA) is 63.6 Å². The van der Waals surface area contributed by atoms with Gasteiger partial charge in [-0.25, -0.2) is 0 Å². The molecular weight excluding hydrogens is 232 g/mol. The van der Waals surface area contributed by atoms with E-state index in [0.717, 1.165) is 12.0 Å². The van der Waals surface area contributed by atoms with Crippen LogP contribution in [0.15, 0.2) is 23.5 Å². The standard InChI is InChI=1S/C14H18O4/c1-8-13(18-9(2)15)5-4-10-6-11(16)12(17)7-14(8,10)3/h6-8,13,17H,4-5H2,1-3H3/t8-,13-,14+/m0/s1. The molecule has 4 heteroatoms. The maximum Gasteiger partial charge on any atom is 0.302 e. The number of hydrogen-bond acceptors (Lipinski definition) is 4. The van der Waals surface area contributed by atoms with Crippen molar-refractivity contribution in [2.75, 3.05) is 0 Å². The third-order valence-electron chi connectivity index (χ3n) is 4.21. The fourth-order valence-electron chi connectivity index (χ4n) is 2.91. The molecule has 1 fully saturated rings. The van der Waals surface area contributed by atoms with Crippen LogP contribution < -0.4 is 0 Å². The zero-order valence-corrected chi connectivity index (χ0v) is 10.9. The minimum Gasteiger partial charge on any atom is -0.504 e. The van der Waals surface area contributed by atoms with Crippen LogP contribution in [0.2, 0.25) is 0 Å². The van der Waals surface area contributed by atoms with Gasteiger partial charge in [0.25, 0.3) is 0 Å². The fourth-order valence-corrected chi connectivity index (χ4v) is 2.91. The first-order valence-electron chi connectivity index (χ1n) is 6.19. The molecule has 0 spiro atoms. The van der Waals surface area contributed by atoms with Crippen molar-refractivity contribution in [2.45, 2.75) is 39.7 Å². The first-order valence-corrected chi connectivity index (χ1v) is 6.19. The van der Waals surface area contributed by atoms with Crippen LogP contribution in [-0.2, 0) is 14.3 Å². The predicted octanol–water partition coefficient (Wildman–Crippen LogP) is 2.31. The maximum absolute atomic E-state index is 11.5. The first-order chi connectivity index (χ1) is 8.34. The molecule has 18 heavy (non-hydrogen) atoms. The Balaban J connectivity index is 2.32. The highest BCUT2D eigenvalue weighted by Crippen LogP contribution is 2.49. The molecule has 0 radical (unpaired) electrons. The summed E-state index contributed by atoms with van der Waals surface area (Å²) in [6, 6.07) is 0. The molecule has 2 aliphatic carbocycles. The average molecular weight is 250 g/mol. The molecular formula is C14H18O4. The SMILES string of the molecule is CC(=O)O[C@H]1CCC2=CC(=O)C(O)=C[C@]2(C)[C@H]1C. The number of allylic oxidation sites excluding steroid dienone is 3. The lowest BCUT2D eigenvalue weighted by atomic mass is 9.62. The summed E-state index contributed by atoms with van der Waals surface area (Å²) in [4.78, 5) is 22.6. The first kappa shape index (κ1) is 12.9. The zero-order valence-electron chi connectivity index (χ0n) is 10.9. The fraction of sp³-hybridized carbons (Fsp3) is 0.571. The summed E-state index contributed by atoms with van der Waals surface area (Å²) in [6.07, 6.45) is 4.40. The highest BCUT2D eigenvalue weighted by atomic mass is 16.5. The molecule has 1 N–H and O–H groups in total. The number of fused-ring (bicyclic) bond motifs is 1. The van der Waals surface area contributed by atoms with Crippen molar-refractivity contribution in [1.82, 2.24) is 0 Å². The number of aliphatic hydroxyl groups excluding tert-OH is 1. The van der Waals surface area contributed by atoms with Crippen molar-refractivity contribution in [3.05, 3.63) is 23.5 Å². The second-order valence-electron chi connectivity index (χ2n) is 5.32. The third-order valence-corrected chi connectivity index (χ3v) is 4.21. The van der Waals surface area contributed by atoms with E-state index in [-0.39, 0.29) is 29.5 Å². The molecule has 0 aromatic carbocycles. The molecule has 0 unspecified atom stereocenters. The Morgan fingerprint density at radius 3 is 2.83 bits per heavy atom. The Labute approximate surface area is 106 Å². The van der Waals surface area contributed by atoms with Crippen LogP contribution in [0.3, 0.4) is 0 Å². The Morgan fingerprint density at radius 2 is 2.22 bits per heavy atom. The van der Waals surface area contributed by atoms with Crippen LogP contribution in [0, 0.1) is 11.3 Å². The Kier molecular flexibility index (Phi) is 3.05. The number of rotatable bonds is 1. The van der Waals surface area contributed by atoms with Crippen LogP contribution >= 0.6 is 0 Å². The molecule has 2 rings (SSSR count). The van der Waals surface area contributed by atoms with Gasteiger partial charge in [0, 0.05) is 18.3 Å². The molecule has 0 heterocycles. The minimum absolute atomic E-state index is 0.0386. The van der Waals surface area contributed by atoms with Crippen molar-refractivity contribution < 1.29 is 19.4 Å². The van der Waals surface area contributed by atoms with Crippen LogP contribution in [0.5, 0.6) is 0 Å². The van der Waals surface area contributed by atoms with E-state index in [1.54, 1.807) is 6.08 Å². The predicted molar refractivity (Wildman–Crippen MR) is 65.9 cm³/mol. The lowest BCUT2D eigenvalue weighted by molar-refractivity contribution is -0.152. The van der Waals surface area contributed by atoms with E-state index in [1.807, 2.05) is 13.8 Å². The molecule has 0 aliphatic heterocycles. The van der Waals surface area contributed by atoms with Crippen molar-refractivity contribution >= 4 is 11.8 Å². The van der Waals surface area contributed by atoms with Crippen LogP contribution in [-0.4, -0.2) is 23.0 Å². The van der Waals surface area contributed by atoms with Crippen molar-refractivity contribution in [1.29, 1.82) is 0 Å². The summed E-state index contributed by atoms with van der Waals surface area (Å²) < 4.78 is 5.32. The van der Waals surface area contributed by atoms with Gasteiger partial charge in [-0.15, -0.1) is 0 Å². The summed E-state index contributed by atoms with van der Waals surface area (Å²) in [6.45, 7) is 5.36. The molecule has 0 amide bonds. The van der Waals surface area contributed by atoms with E-state index in [9.17, 15) is 14.7 Å². The number of carbonyl (C=O) groups excluding carboxylic acids is 2. The zero-order chi connectivity index (χ0) is 13.5. The number of esters is 1. The number of ether oxygens (including phenoxy) is 1. The molecule has 0 saturated heterocycles. The Hall–Kier alpha value is -1.58. The van der Waals surface area contributed by atoms with E-state index in [0.29, 0.717) is 6.42 Å². The van der Waals surface area contributed by atoms with Crippen molar-refractivity contribution in [3.63, 3.8) is 0 Å². The number of carbonyl (C=O) groups is 2. The van der Waals surface area contributed by atoms with Gasteiger partial charge in [-0.2, -0.15) is 0 Å². The van der Waals surface area contributed by atoms with Gasteiger partial charge < -0.3 is 9.84 Å². The third kappa shape index (κ3) is 1.96. The lowest BCUT2D eigenvalue weighted by Gasteiger charge is -2.45. The van der Waals surface area contributed by atoms with Gasteiger partial charge in [-0.05, 0) is 25.0 Å². The van der Waals surface area contributed by atoms with Crippen LogP contribution in [0.4, 0.5) is 0 Å². The van der Waals surface area contributed by atoms with Gasteiger partial charge in [-0.3, -0.25) is 9.59 Å². The summed E-state index contributed by atoms with van der Waals surface area (Å²) in [5, 5.41) is 9.63. The molecule has 3 atom stereocenters. The van der Waals surface area contributed by atoms with Gasteiger partial charge in [0.05, 0.1) is 0 Å². The highest BCUT2D eigenvalue weighted by Gasteiger charge is 2.45. The monoisotopic (exact) mass is 250 g/mol. The lowest BCUT2D eigenvalue weighted by Crippen LogP contribution is -2.43. The van der Waals surface area contributed by atoms with Crippen molar-refractivity contribution in [2.24, 2.45) is 11.3 Å². The second kappa shape index (κ2) is 4.26. The normalized spacial score (nSPS) is 35.4. The van der Waals surface area contributed by atoms with Crippen LogP contribution in [0.25, 0.3) is 0 Å². The summed E-state index contributed by atoms with van der Waals surface area (Å²) in [5.74, 6) is -0.795. The molecule has 2 aliphatic rings. The van der Waals surface area contributed by atoms with Crippen molar-refractivity contribution in [3.8, 4) is 0 Å². The van der Waals surface area contributed by atoms with E-state index in [2.05, 4.69) is 0 Å². The van der Waals surface area contributed by atoms with Gasteiger partial charge >= 0.3 is 5.97 Å². The molecule has 1 saturated carbocycles. The molecule has 98 valence electrons. The molecule has 0 aromatic heterocycles. The highest BCUT2D eigenvalue weighted by molar-refractivity contribution is 6.04. The number of hydrogen-bond donors (Lipinski definition) is 1. The average Bonchev–Trinajstić information content (AvgIpc) is 2.27. The quantitative estimate of drug-likeness (QED) is 0.725. The van der Waals surface area contributed by atoms with Gasteiger partial charge in [0.1, 0.15) is 6.10 Å². The molecule has 0 bridgehead atoms. The van der Waals surface area contributed by atoms with Gasteiger partial charge in [0.2, 0.25) is 5.78 Å². The summed E-state index contributed by atoms with van der Waals surface area (Å²) in [7, 11) is 0. The minimum atomic E-state index is -0.406. The van der Waals surface area contributed by atoms with Crippen LogP contribution in [0.1, 0.15) is 33.6 Å². The Bertz CT molecular complexity index is 460.